The Hall–Kier alpha value is -0.810. The molecule has 1 aliphatic heterocycles. The van der Waals surface area contributed by atoms with Crippen LogP contribution in [0.3, 0.4) is 0 Å². The molecule has 1 aliphatic rings. The van der Waals surface area contributed by atoms with Crippen molar-refractivity contribution in [1.29, 1.82) is 0 Å². The quantitative estimate of drug-likeness (QED) is 0.924. The van der Waals surface area contributed by atoms with Crippen molar-refractivity contribution in [2.45, 2.75) is 51.7 Å². The minimum Gasteiger partial charge on any atom is -0.444 e. The molecule has 0 aromatic carbocycles. The molecule has 1 fully saturated rings. The largest absolute Gasteiger partial charge is 0.444 e. The smallest absolute Gasteiger partial charge is 0.287 e. The van der Waals surface area contributed by atoms with E-state index in [1.54, 1.807) is 6.07 Å². The monoisotopic (exact) mass is 329 g/mol. The predicted octanol–water partition coefficient (Wildman–Crippen LogP) is 3.43. The zero-order valence-electron chi connectivity index (χ0n) is 11.6. The van der Waals surface area contributed by atoms with E-state index in [0.717, 1.165) is 31.4 Å². The first-order valence-corrected chi connectivity index (χ1v) is 7.39. The van der Waals surface area contributed by atoms with Gasteiger partial charge in [-0.05, 0) is 62.0 Å². The van der Waals surface area contributed by atoms with Crippen LogP contribution in [0.15, 0.2) is 15.2 Å². The maximum atomic E-state index is 12.2. The van der Waals surface area contributed by atoms with E-state index in [0.29, 0.717) is 10.4 Å². The van der Waals surface area contributed by atoms with E-state index in [1.807, 2.05) is 20.8 Å². The van der Waals surface area contributed by atoms with Crippen molar-refractivity contribution in [3.05, 3.63) is 22.1 Å². The van der Waals surface area contributed by atoms with E-state index in [1.165, 1.54) is 0 Å². The molecule has 0 unspecified atom stereocenters. The van der Waals surface area contributed by atoms with Gasteiger partial charge in [-0.25, -0.2) is 0 Å². The van der Waals surface area contributed by atoms with Gasteiger partial charge in [0.15, 0.2) is 10.4 Å². The number of carbonyl (C=O) groups is 1. The SMILES string of the molecule is Cc1cc(C(=O)NC(C)(C)[C@@H]2CCCCO2)oc1Br. The molecule has 0 radical (unpaired) electrons. The summed E-state index contributed by atoms with van der Waals surface area (Å²) in [5.41, 5.74) is 0.516. The van der Waals surface area contributed by atoms with Crippen LogP contribution in [0.4, 0.5) is 0 Å². The van der Waals surface area contributed by atoms with Crippen molar-refractivity contribution in [2.24, 2.45) is 0 Å². The van der Waals surface area contributed by atoms with Crippen LogP contribution in [0.25, 0.3) is 0 Å². The Morgan fingerprint density at radius 2 is 2.21 bits per heavy atom. The first-order valence-electron chi connectivity index (χ1n) is 6.60. The van der Waals surface area contributed by atoms with Gasteiger partial charge < -0.3 is 14.5 Å². The molecule has 1 atom stereocenters. The molecule has 2 rings (SSSR count). The average molecular weight is 330 g/mol. The summed E-state index contributed by atoms with van der Waals surface area (Å²) in [7, 11) is 0. The van der Waals surface area contributed by atoms with Crippen molar-refractivity contribution in [3.63, 3.8) is 0 Å². The topological polar surface area (TPSA) is 51.5 Å². The number of hydrogen-bond donors (Lipinski definition) is 1. The number of hydrogen-bond acceptors (Lipinski definition) is 3. The van der Waals surface area contributed by atoms with Crippen LogP contribution in [-0.2, 0) is 4.74 Å². The summed E-state index contributed by atoms with van der Waals surface area (Å²) in [5.74, 6) is 0.126. The molecule has 0 spiro atoms. The lowest BCUT2D eigenvalue weighted by atomic mass is 9.91. The van der Waals surface area contributed by atoms with E-state index in [2.05, 4.69) is 21.2 Å². The zero-order chi connectivity index (χ0) is 14.0. The van der Waals surface area contributed by atoms with Gasteiger partial charge in [0.1, 0.15) is 0 Å². The van der Waals surface area contributed by atoms with Crippen LogP contribution >= 0.6 is 15.9 Å². The van der Waals surface area contributed by atoms with Gasteiger partial charge in [0.2, 0.25) is 0 Å². The molecule has 5 heteroatoms. The van der Waals surface area contributed by atoms with Gasteiger partial charge in [0.05, 0.1) is 11.6 Å². The lowest BCUT2D eigenvalue weighted by molar-refractivity contribution is -0.0320. The fourth-order valence-electron chi connectivity index (χ4n) is 2.32. The van der Waals surface area contributed by atoms with Crippen LogP contribution in [0, 0.1) is 6.92 Å². The van der Waals surface area contributed by atoms with E-state index in [9.17, 15) is 4.79 Å². The Kier molecular flexibility index (Phi) is 4.36. The highest BCUT2D eigenvalue weighted by molar-refractivity contribution is 9.10. The number of carbonyl (C=O) groups excluding carboxylic acids is 1. The van der Waals surface area contributed by atoms with Crippen molar-refractivity contribution < 1.29 is 13.9 Å². The summed E-state index contributed by atoms with van der Waals surface area (Å²) >= 11 is 3.27. The molecular formula is C14H20BrNO3. The van der Waals surface area contributed by atoms with E-state index in [4.69, 9.17) is 9.15 Å². The second-order valence-corrected chi connectivity index (χ2v) is 6.32. The summed E-state index contributed by atoms with van der Waals surface area (Å²) in [6.45, 7) is 6.65. The molecule has 0 aliphatic carbocycles. The zero-order valence-corrected chi connectivity index (χ0v) is 13.2. The minimum absolute atomic E-state index is 0.0599. The summed E-state index contributed by atoms with van der Waals surface area (Å²) < 4.78 is 11.7. The number of furan rings is 1. The molecule has 1 aromatic rings. The van der Waals surface area contributed by atoms with Crippen LogP contribution in [-0.4, -0.2) is 24.2 Å². The van der Waals surface area contributed by atoms with Gasteiger partial charge in [-0.15, -0.1) is 0 Å². The van der Waals surface area contributed by atoms with Crippen LogP contribution in [0.2, 0.25) is 0 Å². The van der Waals surface area contributed by atoms with Gasteiger partial charge in [-0.3, -0.25) is 4.79 Å². The predicted molar refractivity (Wildman–Crippen MR) is 76.3 cm³/mol. The van der Waals surface area contributed by atoms with Crippen molar-refractivity contribution in [3.8, 4) is 0 Å². The third kappa shape index (κ3) is 3.39. The number of rotatable bonds is 3. The van der Waals surface area contributed by atoms with Crippen molar-refractivity contribution >= 4 is 21.8 Å². The van der Waals surface area contributed by atoms with Gasteiger partial charge in [-0.2, -0.15) is 0 Å². The van der Waals surface area contributed by atoms with Gasteiger partial charge in [-0.1, -0.05) is 0 Å². The molecular weight excluding hydrogens is 310 g/mol. The number of nitrogens with one attached hydrogen (secondary N) is 1. The number of halogens is 1. The average Bonchev–Trinajstić information content (AvgIpc) is 2.70. The maximum Gasteiger partial charge on any atom is 0.287 e. The molecule has 1 N–H and O–H groups in total. The van der Waals surface area contributed by atoms with Gasteiger partial charge in [0.25, 0.3) is 5.91 Å². The Morgan fingerprint density at radius 1 is 1.47 bits per heavy atom. The van der Waals surface area contributed by atoms with Crippen LogP contribution < -0.4 is 5.32 Å². The summed E-state index contributed by atoms with van der Waals surface area (Å²) in [5, 5.41) is 3.00. The molecule has 1 saturated heterocycles. The molecule has 4 nitrogen and oxygen atoms in total. The Labute approximate surface area is 122 Å². The van der Waals surface area contributed by atoms with Crippen molar-refractivity contribution in [2.75, 3.05) is 6.61 Å². The van der Waals surface area contributed by atoms with E-state index >= 15 is 0 Å². The Balaban J connectivity index is 2.04. The second-order valence-electron chi connectivity index (χ2n) is 5.60. The number of ether oxygens (including phenoxy) is 1. The molecule has 1 amide bonds. The highest BCUT2D eigenvalue weighted by atomic mass is 79.9. The third-order valence-electron chi connectivity index (χ3n) is 3.50. The number of aryl methyl sites for hydroxylation is 1. The van der Waals surface area contributed by atoms with Crippen LogP contribution in [0.1, 0.15) is 49.2 Å². The second kappa shape index (κ2) is 5.67. The highest BCUT2D eigenvalue weighted by Gasteiger charge is 2.34. The Bertz CT molecular complexity index is 442. The van der Waals surface area contributed by atoms with Crippen LogP contribution in [0.5, 0.6) is 0 Å². The molecule has 1 aromatic heterocycles. The standard InChI is InChI=1S/C14H20BrNO3/c1-9-8-10(19-12(9)15)13(17)16-14(2,3)11-6-4-5-7-18-11/h8,11H,4-7H2,1-3H3,(H,16,17)/t11-/m0/s1. The fourth-order valence-corrected chi connectivity index (χ4v) is 2.61. The summed E-state index contributed by atoms with van der Waals surface area (Å²) in [6, 6.07) is 1.73. The molecule has 106 valence electrons. The molecule has 0 saturated carbocycles. The van der Waals surface area contributed by atoms with E-state index in [-0.39, 0.29) is 12.0 Å². The first kappa shape index (κ1) is 14.6. The third-order valence-corrected chi connectivity index (χ3v) is 4.29. The lowest BCUT2D eigenvalue weighted by Crippen LogP contribution is -2.53. The lowest BCUT2D eigenvalue weighted by Gasteiger charge is -2.37. The fraction of sp³-hybridized carbons (Fsp3) is 0.643. The normalized spacial score (nSPS) is 20.3. The highest BCUT2D eigenvalue weighted by Crippen LogP contribution is 2.25. The minimum atomic E-state index is -0.398. The first-order chi connectivity index (χ1) is 8.90. The molecule has 19 heavy (non-hydrogen) atoms. The molecule has 0 bridgehead atoms. The summed E-state index contributed by atoms with van der Waals surface area (Å²) in [4.78, 5) is 12.2. The Morgan fingerprint density at radius 3 is 2.74 bits per heavy atom. The summed E-state index contributed by atoms with van der Waals surface area (Å²) in [6.07, 6.45) is 3.29. The van der Waals surface area contributed by atoms with Gasteiger partial charge >= 0.3 is 0 Å². The van der Waals surface area contributed by atoms with E-state index < -0.39 is 5.54 Å². The van der Waals surface area contributed by atoms with Gasteiger partial charge in [0, 0.05) is 12.2 Å². The van der Waals surface area contributed by atoms with Crippen molar-refractivity contribution in [1.82, 2.24) is 5.32 Å². The maximum absolute atomic E-state index is 12.2. The molecule has 2 heterocycles. The number of amides is 1.